The number of hydrogen-bond acceptors (Lipinski definition) is 6. The zero-order chi connectivity index (χ0) is 24.5. The van der Waals surface area contributed by atoms with Crippen molar-refractivity contribution in [1.29, 1.82) is 0 Å². The molecule has 3 fully saturated rings. The Labute approximate surface area is 204 Å². The Morgan fingerprint density at radius 2 is 2.09 bits per heavy atom. The highest BCUT2D eigenvalue weighted by Gasteiger charge is 2.35. The van der Waals surface area contributed by atoms with Crippen molar-refractivity contribution in [3.63, 3.8) is 0 Å². The van der Waals surface area contributed by atoms with Gasteiger partial charge in [0.15, 0.2) is 5.65 Å². The number of aromatic nitrogens is 4. The predicted octanol–water partition coefficient (Wildman–Crippen LogP) is 3.48. The number of imidazole rings is 1. The Morgan fingerprint density at radius 3 is 2.74 bits per heavy atom. The molecule has 0 N–H and O–H groups in total. The van der Waals surface area contributed by atoms with E-state index < -0.39 is 0 Å². The van der Waals surface area contributed by atoms with Crippen LogP contribution in [0, 0.1) is 30.8 Å². The van der Waals surface area contributed by atoms with Crippen LogP contribution in [-0.2, 0) is 6.54 Å². The summed E-state index contributed by atoms with van der Waals surface area (Å²) in [5.41, 5.74) is 3.59. The molecule has 3 aromatic rings. The third-order valence-corrected chi connectivity index (χ3v) is 6.93. The molecule has 180 valence electrons. The molecule has 0 radical (unpaired) electrons. The van der Waals surface area contributed by atoms with Crippen LogP contribution in [0.1, 0.15) is 41.4 Å². The summed E-state index contributed by atoms with van der Waals surface area (Å²) in [6.07, 6.45) is 5.31. The third kappa shape index (κ3) is 4.42. The van der Waals surface area contributed by atoms with E-state index in [9.17, 15) is 0 Å². The van der Waals surface area contributed by atoms with Crippen molar-refractivity contribution in [3.8, 4) is 6.01 Å². The summed E-state index contributed by atoms with van der Waals surface area (Å²) in [6, 6.07) is 8.22. The molecule has 3 saturated heterocycles. The highest BCUT2D eigenvalue weighted by atomic mass is 19.1. The average molecular weight is 474 g/mol. The van der Waals surface area contributed by atoms with Gasteiger partial charge < -0.3 is 14.2 Å². The molecule has 6 rings (SSSR count). The smallest absolute Gasteiger partial charge is 0.318 e. The van der Waals surface area contributed by atoms with Crippen LogP contribution in [0.5, 0.6) is 6.01 Å². The topological polar surface area (TPSA) is 80.8 Å². The molecule has 0 amide bonds. The van der Waals surface area contributed by atoms with Gasteiger partial charge in [0.1, 0.15) is 23.5 Å². The van der Waals surface area contributed by atoms with E-state index in [1.807, 2.05) is 6.92 Å². The van der Waals surface area contributed by atoms with Crippen molar-refractivity contribution in [2.24, 2.45) is 15.9 Å². The Bertz CT molecular complexity index is 1320. The molecular weight excluding hydrogens is 445 g/mol. The molecule has 1 unspecified atom stereocenters. The van der Waals surface area contributed by atoms with E-state index in [-0.39, 0.29) is 18.4 Å². The maximum atomic E-state index is 15.4. The number of hydrogen-bond donors (Lipinski definition) is 0. The number of aryl methyl sites for hydroxylation is 1. The summed E-state index contributed by atoms with van der Waals surface area (Å²) in [6.45, 7) is 9.34. The lowest BCUT2D eigenvalue weighted by molar-refractivity contribution is 0.0870. The average Bonchev–Trinajstić information content (AvgIpc) is 3.24. The van der Waals surface area contributed by atoms with Gasteiger partial charge in [-0.1, -0.05) is 18.7 Å². The standard InChI is InChI=1S/C26H28FN7O/c1-16(12-29-15-28-3)24-31-23-17(2)30-26(35-4)32-25(23)34(24)13-20-6-5-19(11-22(20)27)21-14-33-9-7-18(21)8-10-33/h11-12,15,18,21H,1,7-10,13-14H2,2-4H3/b28-15-,29-12-. The van der Waals surface area contributed by atoms with Gasteiger partial charge in [-0.2, -0.15) is 9.97 Å². The summed E-state index contributed by atoms with van der Waals surface area (Å²) in [5, 5.41) is 0. The van der Waals surface area contributed by atoms with Gasteiger partial charge in [0, 0.05) is 36.9 Å². The van der Waals surface area contributed by atoms with Gasteiger partial charge in [-0.3, -0.25) is 4.99 Å². The molecule has 0 saturated carbocycles. The zero-order valence-electron chi connectivity index (χ0n) is 20.3. The maximum absolute atomic E-state index is 15.4. The fourth-order valence-corrected chi connectivity index (χ4v) is 5.10. The van der Waals surface area contributed by atoms with Crippen molar-refractivity contribution in [2.75, 3.05) is 33.8 Å². The van der Waals surface area contributed by atoms with Crippen LogP contribution in [-0.4, -0.2) is 70.8 Å². The molecule has 1 aromatic carbocycles. The van der Waals surface area contributed by atoms with E-state index in [0.717, 1.165) is 25.2 Å². The Kier molecular flexibility index (Phi) is 6.31. The number of piperidine rings is 3. The van der Waals surface area contributed by atoms with Gasteiger partial charge in [0.25, 0.3) is 0 Å². The molecule has 3 aliphatic heterocycles. The number of halogens is 1. The first kappa shape index (κ1) is 23.1. The van der Waals surface area contributed by atoms with Crippen LogP contribution in [0.2, 0.25) is 0 Å². The molecular formula is C26H28FN7O. The minimum absolute atomic E-state index is 0.156. The van der Waals surface area contributed by atoms with Gasteiger partial charge in [-0.15, -0.1) is 0 Å². The highest BCUT2D eigenvalue weighted by Crippen LogP contribution is 2.38. The van der Waals surface area contributed by atoms with Gasteiger partial charge >= 0.3 is 6.01 Å². The Balaban J connectivity index is 1.52. The summed E-state index contributed by atoms with van der Waals surface area (Å²) in [4.78, 5) is 24.0. The number of allylic oxidation sites excluding steroid dienone is 1. The lowest BCUT2D eigenvalue weighted by Crippen LogP contribution is -2.46. The first-order valence-electron chi connectivity index (χ1n) is 11.7. The number of rotatable bonds is 7. The van der Waals surface area contributed by atoms with Crippen molar-refractivity contribution in [2.45, 2.75) is 32.2 Å². The lowest BCUT2D eigenvalue weighted by atomic mass is 9.76. The minimum Gasteiger partial charge on any atom is -0.467 e. The highest BCUT2D eigenvalue weighted by molar-refractivity contribution is 6.10. The van der Waals surface area contributed by atoms with E-state index in [0.29, 0.717) is 45.7 Å². The molecule has 0 aliphatic carbocycles. The second-order valence-electron chi connectivity index (χ2n) is 9.09. The van der Waals surface area contributed by atoms with E-state index in [1.54, 1.807) is 23.9 Å². The summed E-state index contributed by atoms with van der Waals surface area (Å²) < 4.78 is 22.5. The van der Waals surface area contributed by atoms with Crippen LogP contribution < -0.4 is 4.74 Å². The van der Waals surface area contributed by atoms with E-state index in [1.165, 1.54) is 26.3 Å². The summed E-state index contributed by atoms with van der Waals surface area (Å²) in [7, 11) is 3.14. The van der Waals surface area contributed by atoms with E-state index in [4.69, 9.17) is 9.72 Å². The van der Waals surface area contributed by atoms with Crippen molar-refractivity contribution >= 4 is 29.3 Å². The van der Waals surface area contributed by atoms with Crippen molar-refractivity contribution in [3.05, 3.63) is 53.2 Å². The van der Waals surface area contributed by atoms with Gasteiger partial charge in [0.05, 0.1) is 24.9 Å². The first-order chi connectivity index (χ1) is 17.0. The first-order valence-corrected chi connectivity index (χ1v) is 11.7. The fourth-order valence-electron chi connectivity index (χ4n) is 5.10. The number of nitrogens with zero attached hydrogens (tertiary/aromatic N) is 7. The molecule has 0 spiro atoms. The molecule has 2 aromatic heterocycles. The predicted molar refractivity (Wildman–Crippen MR) is 134 cm³/mol. The van der Waals surface area contributed by atoms with Crippen LogP contribution in [0.4, 0.5) is 4.39 Å². The van der Waals surface area contributed by atoms with Crippen molar-refractivity contribution < 1.29 is 9.13 Å². The Morgan fingerprint density at radius 1 is 1.29 bits per heavy atom. The second-order valence-corrected chi connectivity index (χ2v) is 9.09. The molecule has 9 heteroatoms. The van der Waals surface area contributed by atoms with Crippen LogP contribution in [0.3, 0.4) is 0 Å². The van der Waals surface area contributed by atoms with E-state index in [2.05, 4.69) is 43.6 Å². The number of ether oxygens (including phenoxy) is 1. The summed E-state index contributed by atoms with van der Waals surface area (Å²) >= 11 is 0. The molecule has 3 aliphatic rings. The second kappa shape index (κ2) is 9.55. The van der Waals surface area contributed by atoms with Crippen LogP contribution in [0.15, 0.2) is 22.6 Å². The SMILES string of the molecule is C=C(/C=N\C=N/C)c1nc2c(C)nc(OC)nc2n1Cc1c#cc(C2CN3CCC2CC3)cc1F. The Hall–Kier alpha value is -3.64. The van der Waals surface area contributed by atoms with Gasteiger partial charge in [-0.05, 0) is 44.8 Å². The quantitative estimate of drug-likeness (QED) is 0.388. The number of aliphatic imine (C=N–C) groups is 2. The van der Waals surface area contributed by atoms with Crippen LogP contribution in [0.25, 0.3) is 16.7 Å². The largest absolute Gasteiger partial charge is 0.467 e. The molecule has 35 heavy (non-hydrogen) atoms. The van der Waals surface area contributed by atoms with Gasteiger partial charge in [-0.25, -0.2) is 14.4 Å². The molecule has 5 heterocycles. The fraction of sp³-hybridized carbons (Fsp3) is 0.423. The van der Waals surface area contributed by atoms with E-state index >= 15 is 4.39 Å². The number of methoxy groups -OCH3 is 1. The minimum atomic E-state index is -0.307. The number of fused-ring (bicyclic) bond motifs is 4. The molecule has 2 bridgehead atoms. The third-order valence-electron chi connectivity index (χ3n) is 6.93. The maximum Gasteiger partial charge on any atom is 0.318 e. The normalized spacial score (nSPS) is 21.8. The van der Waals surface area contributed by atoms with Crippen molar-refractivity contribution in [1.82, 2.24) is 24.4 Å². The summed E-state index contributed by atoms with van der Waals surface area (Å²) in [5.74, 6) is 1.12. The van der Waals surface area contributed by atoms with Gasteiger partial charge in [0.2, 0.25) is 0 Å². The lowest BCUT2D eigenvalue weighted by Gasteiger charge is -2.44. The molecule has 8 nitrogen and oxygen atoms in total. The van der Waals surface area contributed by atoms with Crippen LogP contribution >= 0.6 is 0 Å². The zero-order valence-corrected chi connectivity index (χ0v) is 20.3. The monoisotopic (exact) mass is 473 g/mol. The molecule has 1 atom stereocenters.